The summed E-state index contributed by atoms with van der Waals surface area (Å²) in [4.78, 5) is 24.2. The fraction of sp³-hybridized carbons (Fsp3) is 0.722. The van der Waals surface area contributed by atoms with Gasteiger partial charge in [0.1, 0.15) is 12.1 Å². The second-order valence-corrected chi connectivity index (χ2v) is 6.17. The Morgan fingerprint density at radius 1 is 1.26 bits per heavy atom. The minimum atomic E-state index is 0.149. The van der Waals surface area contributed by atoms with Gasteiger partial charge in [-0.25, -0.2) is 9.97 Å². The van der Waals surface area contributed by atoms with E-state index in [0.29, 0.717) is 6.04 Å². The summed E-state index contributed by atoms with van der Waals surface area (Å²) in [5.41, 5.74) is 1.11. The van der Waals surface area contributed by atoms with Crippen molar-refractivity contribution in [2.75, 3.05) is 25.0 Å². The van der Waals surface area contributed by atoms with E-state index in [1.54, 1.807) is 13.3 Å². The van der Waals surface area contributed by atoms with Gasteiger partial charge in [0.2, 0.25) is 5.91 Å². The lowest BCUT2D eigenvalue weighted by Crippen LogP contribution is -2.45. The zero-order valence-corrected chi connectivity index (χ0v) is 15.4. The average Bonchev–Trinajstić information content (AvgIpc) is 2.55. The van der Waals surface area contributed by atoms with Crippen molar-refractivity contribution < 1.29 is 4.79 Å². The molecule has 0 saturated carbocycles. The number of aryl methyl sites for hydroxylation is 1. The molecule has 0 aliphatic carbocycles. The predicted molar refractivity (Wildman–Crippen MR) is 95.7 cm³/mol. The van der Waals surface area contributed by atoms with Crippen LogP contribution in [0, 0.1) is 0 Å². The highest BCUT2D eigenvalue weighted by Crippen LogP contribution is 2.21. The van der Waals surface area contributed by atoms with Gasteiger partial charge in [0.25, 0.3) is 0 Å². The molecule has 0 atom stereocenters. The first-order valence-electron chi connectivity index (χ1n) is 8.82. The summed E-state index contributed by atoms with van der Waals surface area (Å²) in [6, 6.07) is 2.46. The minimum Gasteiger partial charge on any atom is -0.356 e. The standard InChI is InChI=1S/C15H24N4O.C3H8/c1-4-5-13-10-15(17-11-16-13)19-8-6-14(7-9-19)18(3)12(2)20;1-3-2/h10-11,14H,4-9H2,1-3H3;3H2,1-2H3. The van der Waals surface area contributed by atoms with E-state index in [-0.39, 0.29) is 5.91 Å². The molecule has 1 aliphatic heterocycles. The second kappa shape index (κ2) is 10.2. The van der Waals surface area contributed by atoms with Crippen molar-refractivity contribution in [1.82, 2.24) is 14.9 Å². The number of aromatic nitrogens is 2. The van der Waals surface area contributed by atoms with Crippen LogP contribution in [0.15, 0.2) is 12.4 Å². The van der Waals surface area contributed by atoms with Crippen LogP contribution in [-0.2, 0) is 11.2 Å². The minimum absolute atomic E-state index is 0.149. The predicted octanol–water partition coefficient (Wildman–Crippen LogP) is 3.29. The summed E-state index contributed by atoms with van der Waals surface area (Å²) in [5, 5.41) is 0. The van der Waals surface area contributed by atoms with E-state index in [1.807, 2.05) is 11.9 Å². The van der Waals surface area contributed by atoms with Gasteiger partial charge in [-0.05, 0) is 19.3 Å². The maximum atomic E-state index is 11.4. The molecule has 0 aromatic carbocycles. The molecule has 5 nitrogen and oxygen atoms in total. The largest absolute Gasteiger partial charge is 0.356 e. The van der Waals surface area contributed by atoms with Crippen LogP contribution in [-0.4, -0.2) is 47.0 Å². The SMILES string of the molecule is CCC.CCCc1cc(N2CCC(N(C)C(C)=O)CC2)ncn1. The number of nitrogens with zero attached hydrogens (tertiary/aromatic N) is 4. The molecule has 2 rings (SSSR count). The van der Waals surface area contributed by atoms with E-state index in [9.17, 15) is 4.79 Å². The van der Waals surface area contributed by atoms with Gasteiger partial charge in [-0.2, -0.15) is 0 Å². The normalized spacial score (nSPS) is 14.9. The van der Waals surface area contributed by atoms with E-state index < -0.39 is 0 Å². The topological polar surface area (TPSA) is 49.3 Å². The Morgan fingerprint density at radius 2 is 1.87 bits per heavy atom. The highest BCUT2D eigenvalue weighted by Gasteiger charge is 2.24. The summed E-state index contributed by atoms with van der Waals surface area (Å²) in [7, 11) is 1.90. The van der Waals surface area contributed by atoms with E-state index in [2.05, 4.69) is 41.7 Å². The lowest BCUT2D eigenvalue weighted by Gasteiger charge is -2.37. The van der Waals surface area contributed by atoms with Crippen molar-refractivity contribution >= 4 is 11.7 Å². The Morgan fingerprint density at radius 3 is 2.39 bits per heavy atom. The number of carbonyl (C=O) groups excluding carboxylic acids is 1. The number of anilines is 1. The number of amides is 1. The Hall–Kier alpha value is -1.65. The van der Waals surface area contributed by atoms with Crippen LogP contribution in [0.1, 0.15) is 59.1 Å². The summed E-state index contributed by atoms with van der Waals surface area (Å²) in [6.45, 7) is 9.94. The number of carbonyl (C=O) groups is 1. The number of hydrogen-bond acceptors (Lipinski definition) is 4. The third kappa shape index (κ3) is 6.16. The summed E-state index contributed by atoms with van der Waals surface area (Å²) in [5.74, 6) is 1.17. The highest BCUT2D eigenvalue weighted by molar-refractivity contribution is 5.73. The molecule has 1 aliphatic rings. The van der Waals surface area contributed by atoms with Crippen LogP contribution in [0.5, 0.6) is 0 Å². The monoisotopic (exact) mass is 320 g/mol. The van der Waals surface area contributed by atoms with Crippen molar-refractivity contribution in [3.8, 4) is 0 Å². The zero-order valence-electron chi connectivity index (χ0n) is 15.4. The Balaban J connectivity index is 0.000000816. The summed E-state index contributed by atoms with van der Waals surface area (Å²) < 4.78 is 0. The Kier molecular flexibility index (Phi) is 8.59. The molecular formula is C18H32N4O. The Bertz CT molecular complexity index is 470. The first-order chi connectivity index (χ1) is 11.0. The van der Waals surface area contributed by atoms with Crippen molar-refractivity contribution in [1.29, 1.82) is 0 Å². The van der Waals surface area contributed by atoms with Crippen LogP contribution >= 0.6 is 0 Å². The molecule has 0 radical (unpaired) electrons. The summed E-state index contributed by atoms with van der Waals surface area (Å²) in [6.07, 6.45) is 7.02. The second-order valence-electron chi connectivity index (χ2n) is 6.17. The van der Waals surface area contributed by atoms with Crippen molar-refractivity contribution in [3.63, 3.8) is 0 Å². The van der Waals surface area contributed by atoms with Gasteiger partial charge in [-0.15, -0.1) is 0 Å². The molecule has 1 amide bonds. The van der Waals surface area contributed by atoms with Crippen LogP contribution in [0.2, 0.25) is 0 Å². The maximum Gasteiger partial charge on any atom is 0.219 e. The average molecular weight is 320 g/mol. The Labute approximate surface area is 141 Å². The van der Waals surface area contributed by atoms with Crippen LogP contribution in [0.25, 0.3) is 0 Å². The van der Waals surface area contributed by atoms with Crippen LogP contribution in [0.4, 0.5) is 5.82 Å². The van der Waals surface area contributed by atoms with Gasteiger partial charge in [-0.1, -0.05) is 33.6 Å². The van der Waals surface area contributed by atoms with Crippen molar-refractivity contribution in [2.24, 2.45) is 0 Å². The molecule has 5 heteroatoms. The molecule has 0 bridgehead atoms. The molecular weight excluding hydrogens is 288 g/mol. The fourth-order valence-corrected chi connectivity index (χ4v) is 2.69. The molecule has 130 valence electrons. The van der Waals surface area contributed by atoms with Crippen molar-refractivity contribution in [2.45, 2.75) is 65.8 Å². The van der Waals surface area contributed by atoms with Gasteiger partial charge >= 0.3 is 0 Å². The molecule has 0 spiro atoms. The molecule has 23 heavy (non-hydrogen) atoms. The molecule has 2 heterocycles. The molecule has 1 aromatic heterocycles. The lowest BCUT2D eigenvalue weighted by molar-refractivity contribution is -0.129. The first-order valence-corrected chi connectivity index (χ1v) is 8.82. The molecule has 1 aromatic rings. The third-order valence-electron chi connectivity index (χ3n) is 4.05. The number of rotatable bonds is 4. The molecule has 0 N–H and O–H groups in total. The lowest BCUT2D eigenvalue weighted by atomic mass is 10.0. The van der Waals surface area contributed by atoms with Gasteiger partial charge < -0.3 is 9.80 Å². The van der Waals surface area contributed by atoms with Crippen molar-refractivity contribution in [3.05, 3.63) is 18.1 Å². The number of hydrogen-bond donors (Lipinski definition) is 0. The molecule has 1 saturated heterocycles. The number of piperidine rings is 1. The van der Waals surface area contributed by atoms with Crippen LogP contribution < -0.4 is 4.90 Å². The maximum absolute atomic E-state index is 11.4. The van der Waals surface area contributed by atoms with Gasteiger partial charge in [0.05, 0.1) is 0 Å². The van der Waals surface area contributed by atoms with Gasteiger partial charge in [0.15, 0.2) is 0 Å². The van der Waals surface area contributed by atoms with E-state index in [4.69, 9.17) is 0 Å². The first kappa shape index (κ1) is 19.4. The molecule has 1 fully saturated rings. The van der Waals surface area contributed by atoms with Crippen LogP contribution in [0.3, 0.4) is 0 Å². The fourth-order valence-electron chi connectivity index (χ4n) is 2.69. The third-order valence-corrected chi connectivity index (χ3v) is 4.05. The van der Waals surface area contributed by atoms with E-state index >= 15 is 0 Å². The van der Waals surface area contributed by atoms with E-state index in [0.717, 1.165) is 50.3 Å². The molecule has 0 unspecified atom stereocenters. The van der Waals surface area contributed by atoms with Gasteiger partial charge in [0, 0.05) is 44.9 Å². The quantitative estimate of drug-likeness (QED) is 0.854. The summed E-state index contributed by atoms with van der Waals surface area (Å²) >= 11 is 0. The zero-order chi connectivity index (χ0) is 17.2. The van der Waals surface area contributed by atoms with Gasteiger partial charge in [-0.3, -0.25) is 4.79 Å². The smallest absolute Gasteiger partial charge is 0.219 e. The highest BCUT2D eigenvalue weighted by atomic mass is 16.2. The van der Waals surface area contributed by atoms with E-state index in [1.165, 1.54) is 6.42 Å².